The van der Waals surface area contributed by atoms with Crippen LogP contribution in [0.2, 0.25) is 0 Å². The molecule has 8 heteroatoms. The van der Waals surface area contributed by atoms with Crippen molar-refractivity contribution >= 4 is 39.2 Å². The van der Waals surface area contributed by atoms with Crippen LogP contribution in [0.4, 0.5) is 0 Å². The lowest BCUT2D eigenvalue weighted by Gasteiger charge is -2.13. The number of carbonyl (C=O) groups excluding carboxylic acids is 1. The monoisotopic (exact) mass is 415 g/mol. The van der Waals surface area contributed by atoms with E-state index in [0.29, 0.717) is 22.0 Å². The number of methoxy groups -OCH3 is 1. The van der Waals surface area contributed by atoms with Crippen molar-refractivity contribution in [3.63, 3.8) is 0 Å². The van der Waals surface area contributed by atoms with Crippen molar-refractivity contribution in [2.24, 2.45) is 5.73 Å². The number of aryl methyl sites for hydroxylation is 2. The van der Waals surface area contributed by atoms with Crippen molar-refractivity contribution < 1.29 is 9.53 Å². The molecule has 28 heavy (non-hydrogen) atoms. The number of hydrogen-bond acceptors (Lipinski definition) is 6. The fraction of sp³-hybridized carbons (Fsp3) is 0.350. The van der Waals surface area contributed by atoms with Gasteiger partial charge in [-0.15, -0.1) is 11.3 Å². The number of thioether (sulfide) groups is 1. The minimum Gasteiger partial charge on any atom is -0.497 e. The number of hydrogen-bond donors (Lipinski definition) is 1. The Morgan fingerprint density at radius 3 is 2.93 bits per heavy atom. The minimum atomic E-state index is -0.446. The van der Waals surface area contributed by atoms with E-state index in [1.165, 1.54) is 23.1 Å². The number of rotatable bonds is 5. The Morgan fingerprint density at radius 2 is 2.14 bits per heavy atom. The van der Waals surface area contributed by atoms with E-state index < -0.39 is 5.91 Å². The number of primary amides is 1. The number of amides is 1. The van der Waals surface area contributed by atoms with E-state index in [4.69, 9.17) is 15.5 Å². The molecule has 2 aromatic heterocycles. The van der Waals surface area contributed by atoms with Gasteiger partial charge in [0.1, 0.15) is 10.6 Å². The van der Waals surface area contributed by atoms with E-state index in [0.717, 1.165) is 36.1 Å². The summed E-state index contributed by atoms with van der Waals surface area (Å²) < 4.78 is 6.90. The second-order valence-electron chi connectivity index (χ2n) is 6.74. The number of benzene rings is 1. The predicted octanol–water partition coefficient (Wildman–Crippen LogP) is 3.30. The quantitative estimate of drug-likeness (QED) is 0.392. The summed E-state index contributed by atoms with van der Waals surface area (Å²) in [6.07, 6.45) is 5.34. The van der Waals surface area contributed by atoms with Gasteiger partial charge >= 0.3 is 0 Å². The number of aromatic nitrogens is 2. The van der Waals surface area contributed by atoms with Gasteiger partial charge < -0.3 is 10.5 Å². The van der Waals surface area contributed by atoms with Gasteiger partial charge in [0, 0.05) is 10.9 Å². The smallest absolute Gasteiger partial charge is 0.267 e. The second-order valence-corrected chi connectivity index (χ2v) is 8.76. The first-order valence-corrected chi connectivity index (χ1v) is 11.0. The van der Waals surface area contributed by atoms with Gasteiger partial charge in [-0.25, -0.2) is 4.98 Å². The molecule has 0 saturated heterocycles. The zero-order valence-corrected chi connectivity index (χ0v) is 17.2. The van der Waals surface area contributed by atoms with Crippen LogP contribution >= 0.6 is 23.1 Å². The Labute approximate surface area is 170 Å². The van der Waals surface area contributed by atoms with E-state index in [9.17, 15) is 9.59 Å². The molecule has 146 valence electrons. The fourth-order valence-electron chi connectivity index (χ4n) is 3.57. The molecule has 0 unspecified atom stereocenters. The van der Waals surface area contributed by atoms with Crippen LogP contribution in [0, 0.1) is 0 Å². The largest absolute Gasteiger partial charge is 0.497 e. The Bertz CT molecular complexity index is 1100. The van der Waals surface area contributed by atoms with E-state index in [2.05, 4.69) is 0 Å². The summed E-state index contributed by atoms with van der Waals surface area (Å²) in [6, 6.07) is 7.31. The summed E-state index contributed by atoms with van der Waals surface area (Å²) in [7, 11) is 1.59. The second kappa shape index (κ2) is 7.97. The van der Waals surface area contributed by atoms with Gasteiger partial charge in [-0.3, -0.25) is 14.2 Å². The van der Waals surface area contributed by atoms with Gasteiger partial charge in [-0.2, -0.15) is 0 Å². The first-order valence-electron chi connectivity index (χ1n) is 9.21. The SMILES string of the molecule is COc1cccc(-n2c(SCC(N)=O)nc3sc4c(c3c2=O)CCCCC4)c1. The van der Waals surface area contributed by atoms with Crippen molar-refractivity contribution in [1.82, 2.24) is 9.55 Å². The molecule has 0 radical (unpaired) electrons. The van der Waals surface area contributed by atoms with Crippen LogP contribution in [0.15, 0.2) is 34.2 Å². The summed E-state index contributed by atoms with van der Waals surface area (Å²) in [5, 5.41) is 1.19. The molecule has 1 aliphatic rings. The third-order valence-electron chi connectivity index (χ3n) is 4.86. The minimum absolute atomic E-state index is 0.0625. The number of carbonyl (C=O) groups is 1. The molecule has 1 amide bonds. The molecule has 1 aliphatic carbocycles. The molecule has 2 N–H and O–H groups in total. The highest BCUT2D eigenvalue weighted by Gasteiger charge is 2.22. The lowest BCUT2D eigenvalue weighted by Crippen LogP contribution is -2.23. The molecule has 1 aromatic carbocycles. The zero-order valence-electron chi connectivity index (χ0n) is 15.6. The van der Waals surface area contributed by atoms with Gasteiger partial charge in [-0.05, 0) is 43.4 Å². The van der Waals surface area contributed by atoms with Gasteiger partial charge in [0.15, 0.2) is 5.16 Å². The predicted molar refractivity (Wildman–Crippen MR) is 113 cm³/mol. The number of nitrogens with zero attached hydrogens (tertiary/aromatic N) is 2. The van der Waals surface area contributed by atoms with Crippen LogP contribution in [0.3, 0.4) is 0 Å². The molecular weight excluding hydrogens is 394 g/mol. The van der Waals surface area contributed by atoms with Crippen LogP contribution in [-0.4, -0.2) is 28.3 Å². The molecular formula is C20H21N3O3S2. The maximum absolute atomic E-state index is 13.6. The van der Waals surface area contributed by atoms with E-state index in [1.807, 2.05) is 18.2 Å². The number of thiophene rings is 1. The Kier molecular flexibility index (Phi) is 5.41. The normalized spacial score (nSPS) is 13.9. The lowest BCUT2D eigenvalue weighted by atomic mass is 10.1. The topological polar surface area (TPSA) is 87.2 Å². The van der Waals surface area contributed by atoms with Crippen LogP contribution in [-0.2, 0) is 17.6 Å². The molecule has 0 bridgehead atoms. The first kappa shape index (κ1) is 19.0. The molecule has 6 nitrogen and oxygen atoms in total. The van der Waals surface area contributed by atoms with E-state index in [1.54, 1.807) is 29.1 Å². The van der Waals surface area contributed by atoms with Crippen molar-refractivity contribution in [1.29, 1.82) is 0 Å². The maximum atomic E-state index is 13.6. The van der Waals surface area contributed by atoms with Crippen LogP contribution in [0.25, 0.3) is 15.9 Å². The van der Waals surface area contributed by atoms with Gasteiger partial charge in [-0.1, -0.05) is 24.2 Å². The first-order chi connectivity index (χ1) is 13.6. The average Bonchev–Trinajstić information content (AvgIpc) is 2.88. The molecule has 0 aliphatic heterocycles. The average molecular weight is 416 g/mol. The lowest BCUT2D eigenvalue weighted by molar-refractivity contribution is -0.115. The summed E-state index contributed by atoms with van der Waals surface area (Å²) in [5.74, 6) is 0.269. The van der Waals surface area contributed by atoms with Crippen molar-refractivity contribution in [2.75, 3.05) is 12.9 Å². The summed E-state index contributed by atoms with van der Waals surface area (Å²) in [5.41, 5.74) is 7.05. The van der Waals surface area contributed by atoms with Crippen molar-refractivity contribution in [3.8, 4) is 11.4 Å². The highest BCUT2D eigenvalue weighted by atomic mass is 32.2. The third-order valence-corrected chi connectivity index (χ3v) is 7.01. The Hall–Kier alpha value is -2.32. The van der Waals surface area contributed by atoms with E-state index in [-0.39, 0.29) is 11.3 Å². The Balaban J connectivity index is 1.97. The van der Waals surface area contributed by atoms with Crippen LogP contribution in [0.5, 0.6) is 5.75 Å². The molecule has 4 rings (SSSR count). The van der Waals surface area contributed by atoms with Crippen LogP contribution in [0.1, 0.15) is 29.7 Å². The number of fused-ring (bicyclic) bond motifs is 3. The summed E-state index contributed by atoms with van der Waals surface area (Å²) >= 11 is 2.79. The molecule has 2 heterocycles. The Morgan fingerprint density at radius 1 is 1.32 bits per heavy atom. The van der Waals surface area contributed by atoms with Crippen molar-refractivity contribution in [2.45, 2.75) is 37.3 Å². The van der Waals surface area contributed by atoms with Crippen molar-refractivity contribution in [3.05, 3.63) is 45.1 Å². The fourth-order valence-corrected chi connectivity index (χ4v) is 5.63. The van der Waals surface area contributed by atoms with Crippen LogP contribution < -0.4 is 16.0 Å². The maximum Gasteiger partial charge on any atom is 0.267 e. The molecule has 0 spiro atoms. The van der Waals surface area contributed by atoms with Gasteiger partial charge in [0.25, 0.3) is 5.56 Å². The zero-order chi connectivity index (χ0) is 19.7. The molecule has 3 aromatic rings. The molecule has 0 fully saturated rings. The highest BCUT2D eigenvalue weighted by molar-refractivity contribution is 7.99. The summed E-state index contributed by atoms with van der Waals surface area (Å²) in [4.78, 5) is 31.7. The van der Waals surface area contributed by atoms with Gasteiger partial charge in [0.2, 0.25) is 5.91 Å². The number of nitrogens with two attached hydrogens (primary N) is 1. The standard InChI is InChI=1S/C20H21N3O3S2/c1-26-13-7-5-6-12(10-13)23-19(25)17-14-8-3-2-4-9-15(14)28-18(17)22-20(23)27-11-16(21)24/h5-7,10H,2-4,8-9,11H2,1H3,(H2,21,24). The summed E-state index contributed by atoms with van der Waals surface area (Å²) in [6.45, 7) is 0. The molecule has 0 saturated carbocycles. The van der Waals surface area contributed by atoms with Gasteiger partial charge in [0.05, 0.1) is 23.9 Å². The molecule has 0 atom stereocenters. The van der Waals surface area contributed by atoms with E-state index >= 15 is 0 Å². The number of ether oxygens (including phenoxy) is 1. The third kappa shape index (κ3) is 3.54. The highest BCUT2D eigenvalue weighted by Crippen LogP contribution is 2.34.